The fourth-order valence-electron chi connectivity index (χ4n) is 1.37. The number of nitrogens with two attached hydrogens (primary N) is 1. The number of azo groups is 1. The summed E-state index contributed by atoms with van der Waals surface area (Å²) in [7, 11) is 0. The Bertz CT molecular complexity index is 613. The maximum absolute atomic E-state index is 11.7. The van der Waals surface area contributed by atoms with E-state index < -0.39 is 5.91 Å². The number of rotatable bonds is 3. The molecule has 2 aromatic rings. The fourth-order valence-corrected chi connectivity index (χ4v) is 1.54. The van der Waals surface area contributed by atoms with Crippen molar-refractivity contribution < 1.29 is 4.79 Å². The summed E-state index contributed by atoms with van der Waals surface area (Å²) in [6.45, 7) is 0. The number of hydrogen-bond donors (Lipinski definition) is 1. The molecule has 0 radical (unpaired) electrons. The van der Waals surface area contributed by atoms with Gasteiger partial charge >= 0.3 is 5.91 Å². The Morgan fingerprint density at radius 1 is 1.33 bits per heavy atom. The lowest BCUT2D eigenvalue weighted by atomic mass is 10.3. The van der Waals surface area contributed by atoms with Gasteiger partial charge in [0.2, 0.25) is 0 Å². The van der Waals surface area contributed by atoms with Gasteiger partial charge in [-0.15, -0.1) is 16.9 Å². The number of nitrogens with zero attached hydrogens (tertiary/aromatic N) is 4. The highest BCUT2D eigenvalue weighted by Gasteiger charge is 2.13. The number of carbonyl (C=O) groups is 1. The predicted molar refractivity (Wildman–Crippen MR) is 71.5 cm³/mol. The van der Waals surface area contributed by atoms with E-state index in [4.69, 9.17) is 5.73 Å². The molecule has 0 spiro atoms. The summed E-state index contributed by atoms with van der Waals surface area (Å²) >= 11 is 1.47. The Labute approximate surface area is 108 Å². The quantitative estimate of drug-likeness (QED) is 0.854. The summed E-state index contributed by atoms with van der Waals surface area (Å²) in [5.41, 5.74) is 6.98. The molecule has 92 valence electrons. The van der Waals surface area contributed by atoms with Crippen molar-refractivity contribution in [2.24, 2.45) is 10.2 Å². The van der Waals surface area contributed by atoms with Gasteiger partial charge in [-0.25, -0.2) is 9.97 Å². The molecule has 1 heterocycles. The van der Waals surface area contributed by atoms with Crippen LogP contribution in [-0.4, -0.2) is 28.0 Å². The fraction of sp³-hybridized carbons (Fsp3) is 0.182. The number of benzene rings is 1. The molecule has 1 aromatic heterocycles. The summed E-state index contributed by atoms with van der Waals surface area (Å²) < 4.78 is 0. The molecular weight excluding hydrogens is 250 g/mol. The zero-order valence-electron chi connectivity index (χ0n) is 9.70. The maximum Gasteiger partial charge on any atom is 0.317 e. The first-order valence-electron chi connectivity index (χ1n) is 5.15. The van der Waals surface area contributed by atoms with Gasteiger partial charge in [-0.2, -0.15) is 5.11 Å². The number of aromatic nitrogens is 2. The standard InChI is InChI=1S/C11H11N5OS/c1-18-6-13-16-11(17)9-10(12)15-8-5-3-2-4-7(8)14-9/h2-5H,6H2,1H3,(H2,12,15). The first kappa shape index (κ1) is 12.4. The SMILES string of the molecule is CSCN=NC(=O)c1nc2ccccc2nc1N. The zero-order valence-corrected chi connectivity index (χ0v) is 10.5. The second-order valence-corrected chi connectivity index (χ2v) is 4.25. The van der Waals surface area contributed by atoms with Crippen molar-refractivity contribution in [3.05, 3.63) is 30.0 Å². The molecule has 1 aromatic carbocycles. The monoisotopic (exact) mass is 261 g/mol. The number of fused-ring (bicyclic) bond motifs is 1. The molecule has 6 nitrogen and oxygen atoms in total. The van der Waals surface area contributed by atoms with Gasteiger partial charge in [0, 0.05) is 0 Å². The molecule has 0 aliphatic carbocycles. The van der Waals surface area contributed by atoms with E-state index >= 15 is 0 Å². The van der Waals surface area contributed by atoms with Crippen LogP contribution in [0.3, 0.4) is 0 Å². The van der Waals surface area contributed by atoms with Gasteiger partial charge in [0.25, 0.3) is 0 Å². The first-order valence-corrected chi connectivity index (χ1v) is 6.55. The van der Waals surface area contributed by atoms with E-state index in [1.807, 2.05) is 18.4 Å². The van der Waals surface area contributed by atoms with E-state index in [0.717, 1.165) is 0 Å². The van der Waals surface area contributed by atoms with Gasteiger partial charge in [0.15, 0.2) is 11.5 Å². The molecule has 0 bridgehead atoms. The van der Waals surface area contributed by atoms with E-state index in [0.29, 0.717) is 16.9 Å². The summed E-state index contributed by atoms with van der Waals surface area (Å²) in [6.07, 6.45) is 1.87. The molecule has 1 amide bonds. The molecule has 0 aliphatic heterocycles. The van der Waals surface area contributed by atoms with Crippen LogP contribution >= 0.6 is 11.8 Å². The lowest BCUT2D eigenvalue weighted by Gasteiger charge is -2.01. The average Bonchev–Trinajstić information content (AvgIpc) is 2.38. The van der Waals surface area contributed by atoms with Crippen molar-refractivity contribution in [2.75, 3.05) is 17.9 Å². The number of carbonyl (C=O) groups excluding carboxylic acids is 1. The van der Waals surface area contributed by atoms with Crippen molar-refractivity contribution in [1.29, 1.82) is 0 Å². The third kappa shape index (κ3) is 2.62. The van der Waals surface area contributed by atoms with Crippen molar-refractivity contribution in [3.8, 4) is 0 Å². The minimum atomic E-state index is -0.570. The highest BCUT2D eigenvalue weighted by atomic mass is 32.2. The molecule has 0 aliphatic rings. The third-order valence-corrected chi connectivity index (χ3v) is 2.52. The largest absolute Gasteiger partial charge is 0.382 e. The number of thioether (sulfide) groups is 1. The van der Waals surface area contributed by atoms with Crippen molar-refractivity contribution in [2.45, 2.75) is 0 Å². The highest BCUT2D eigenvalue weighted by Crippen LogP contribution is 2.15. The molecule has 0 saturated carbocycles. The molecule has 0 unspecified atom stereocenters. The van der Waals surface area contributed by atoms with E-state index in [1.165, 1.54) is 11.8 Å². The van der Waals surface area contributed by atoms with Crippen LogP contribution in [0.2, 0.25) is 0 Å². The average molecular weight is 261 g/mol. The highest BCUT2D eigenvalue weighted by molar-refractivity contribution is 7.98. The van der Waals surface area contributed by atoms with Crippen LogP contribution < -0.4 is 5.73 Å². The van der Waals surface area contributed by atoms with E-state index in [1.54, 1.807) is 12.1 Å². The van der Waals surface area contributed by atoms with E-state index in [-0.39, 0.29) is 11.5 Å². The Balaban J connectivity index is 2.38. The number of anilines is 1. The number of para-hydroxylation sites is 2. The van der Waals surface area contributed by atoms with Crippen LogP contribution in [0.4, 0.5) is 5.82 Å². The molecule has 2 N–H and O–H groups in total. The predicted octanol–water partition coefficient (Wildman–Crippen LogP) is 2.12. The normalized spacial score (nSPS) is 11.2. The summed E-state index contributed by atoms with van der Waals surface area (Å²) in [6, 6.07) is 7.19. The Morgan fingerprint density at radius 3 is 2.67 bits per heavy atom. The Hall–Kier alpha value is -2.02. The molecule has 0 fully saturated rings. The second kappa shape index (κ2) is 5.54. The Kier molecular flexibility index (Phi) is 3.83. The van der Waals surface area contributed by atoms with Gasteiger partial charge in [0.1, 0.15) is 5.88 Å². The van der Waals surface area contributed by atoms with Crippen LogP contribution in [0, 0.1) is 0 Å². The van der Waals surface area contributed by atoms with Gasteiger partial charge in [-0.1, -0.05) is 12.1 Å². The van der Waals surface area contributed by atoms with Crippen LogP contribution in [0.25, 0.3) is 11.0 Å². The second-order valence-electron chi connectivity index (χ2n) is 3.41. The number of hydrogen-bond acceptors (Lipinski definition) is 6. The summed E-state index contributed by atoms with van der Waals surface area (Å²) in [5, 5.41) is 7.24. The number of nitrogen functional groups attached to an aromatic ring is 1. The van der Waals surface area contributed by atoms with Crippen LogP contribution in [-0.2, 0) is 0 Å². The minimum absolute atomic E-state index is 0.0403. The van der Waals surface area contributed by atoms with Crippen LogP contribution in [0.5, 0.6) is 0 Å². The van der Waals surface area contributed by atoms with Crippen molar-refractivity contribution in [3.63, 3.8) is 0 Å². The van der Waals surface area contributed by atoms with Crippen LogP contribution in [0.1, 0.15) is 10.5 Å². The topological polar surface area (TPSA) is 93.6 Å². The molecule has 18 heavy (non-hydrogen) atoms. The minimum Gasteiger partial charge on any atom is -0.382 e. The van der Waals surface area contributed by atoms with Gasteiger partial charge in [0.05, 0.1) is 11.0 Å². The molecule has 7 heteroatoms. The molecule has 0 saturated heterocycles. The molecule has 0 atom stereocenters. The van der Waals surface area contributed by atoms with Gasteiger partial charge in [-0.3, -0.25) is 4.79 Å². The van der Waals surface area contributed by atoms with E-state index in [2.05, 4.69) is 20.2 Å². The van der Waals surface area contributed by atoms with Crippen LogP contribution in [0.15, 0.2) is 34.5 Å². The van der Waals surface area contributed by atoms with Crippen molar-refractivity contribution in [1.82, 2.24) is 9.97 Å². The number of amides is 1. The Morgan fingerprint density at radius 2 is 2.00 bits per heavy atom. The molecular formula is C11H11N5OS. The third-order valence-electron chi connectivity index (χ3n) is 2.15. The lowest BCUT2D eigenvalue weighted by Crippen LogP contribution is -2.06. The summed E-state index contributed by atoms with van der Waals surface area (Å²) in [5.74, 6) is -0.0752. The maximum atomic E-state index is 11.7. The lowest BCUT2D eigenvalue weighted by molar-refractivity contribution is 0.0990. The van der Waals surface area contributed by atoms with Gasteiger partial charge < -0.3 is 5.73 Å². The first-order chi connectivity index (χ1) is 8.72. The zero-order chi connectivity index (χ0) is 13.0. The molecule has 2 rings (SSSR count). The smallest absolute Gasteiger partial charge is 0.317 e. The van der Waals surface area contributed by atoms with Gasteiger partial charge in [-0.05, 0) is 18.4 Å². The summed E-state index contributed by atoms with van der Waals surface area (Å²) in [4.78, 5) is 20.0. The van der Waals surface area contributed by atoms with Crippen molar-refractivity contribution >= 4 is 34.5 Å². The van der Waals surface area contributed by atoms with E-state index in [9.17, 15) is 4.79 Å².